The predicted octanol–water partition coefficient (Wildman–Crippen LogP) is 2.70. The highest BCUT2D eigenvalue weighted by Crippen LogP contribution is 2.28. The molecule has 0 radical (unpaired) electrons. The highest BCUT2D eigenvalue weighted by molar-refractivity contribution is 5.69. The van der Waals surface area contributed by atoms with Crippen molar-refractivity contribution in [2.24, 2.45) is 0 Å². The molecule has 0 spiro atoms. The van der Waals surface area contributed by atoms with E-state index in [1.807, 2.05) is 20.9 Å². The molecule has 4 nitrogen and oxygen atoms in total. The predicted molar refractivity (Wildman–Crippen MR) is 77.0 cm³/mol. The molecule has 0 N–H and O–H groups in total. The number of methoxy groups -OCH3 is 2. The van der Waals surface area contributed by atoms with Gasteiger partial charge >= 0.3 is 5.97 Å². The van der Waals surface area contributed by atoms with Crippen LogP contribution in [0.25, 0.3) is 0 Å². The van der Waals surface area contributed by atoms with Gasteiger partial charge in [0.1, 0.15) is 5.75 Å². The van der Waals surface area contributed by atoms with Gasteiger partial charge < -0.3 is 14.4 Å². The maximum Gasteiger partial charge on any atom is 0.305 e. The van der Waals surface area contributed by atoms with Gasteiger partial charge in [0.2, 0.25) is 0 Å². The van der Waals surface area contributed by atoms with E-state index in [1.54, 1.807) is 7.11 Å². The van der Waals surface area contributed by atoms with E-state index in [0.29, 0.717) is 6.42 Å². The Bertz CT molecular complexity index is 420. The van der Waals surface area contributed by atoms with E-state index in [9.17, 15) is 4.79 Å². The molecular formula is C15H23NO3. The number of ether oxygens (including phenoxy) is 2. The van der Waals surface area contributed by atoms with Crippen LogP contribution in [0.2, 0.25) is 0 Å². The number of carbonyl (C=O) groups excluding carboxylic acids is 1. The van der Waals surface area contributed by atoms with Crippen LogP contribution in [-0.4, -0.2) is 33.8 Å². The van der Waals surface area contributed by atoms with Crippen molar-refractivity contribution in [1.29, 1.82) is 0 Å². The average molecular weight is 265 g/mol. The molecule has 1 rings (SSSR count). The molecule has 0 atom stereocenters. The van der Waals surface area contributed by atoms with Crippen molar-refractivity contribution >= 4 is 11.7 Å². The zero-order valence-electron chi connectivity index (χ0n) is 12.4. The van der Waals surface area contributed by atoms with Gasteiger partial charge in [-0.05, 0) is 43.5 Å². The van der Waals surface area contributed by atoms with Crippen LogP contribution in [0.4, 0.5) is 5.69 Å². The molecule has 19 heavy (non-hydrogen) atoms. The number of carbonyl (C=O) groups is 1. The third-order valence-electron chi connectivity index (χ3n) is 3.19. The number of hydrogen-bond acceptors (Lipinski definition) is 4. The molecule has 0 aliphatic rings. The molecule has 0 saturated heterocycles. The topological polar surface area (TPSA) is 38.8 Å². The molecule has 106 valence electrons. The second-order valence-corrected chi connectivity index (χ2v) is 4.71. The van der Waals surface area contributed by atoms with Crippen molar-refractivity contribution in [2.75, 3.05) is 32.7 Å². The summed E-state index contributed by atoms with van der Waals surface area (Å²) in [6, 6.07) is 4.20. The van der Waals surface area contributed by atoms with Gasteiger partial charge in [0, 0.05) is 25.7 Å². The van der Waals surface area contributed by atoms with E-state index in [0.717, 1.165) is 35.5 Å². The van der Waals surface area contributed by atoms with Gasteiger partial charge in [-0.1, -0.05) is 0 Å². The summed E-state index contributed by atoms with van der Waals surface area (Å²) in [4.78, 5) is 13.2. The Kier molecular flexibility index (Phi) is 5.67. The zero-order chi connectivity index (χ0) is 14.4. The minimum absolute atomic E-state index is 0.157. The summed E-state index contributed by atoms with van der Waals surface area (Å²) in [7, 11) is 5.13. The van der Waals surface area contributed by atoms with Crippen molar-refractivity contribution in [3.8, 4) is 5.75 Å². The van der Waals surface area contributed by atoms with Gasteiger partial charge in [-0.25, -0.2) is 0 Å². The lowest BCUT2D eigenvalue weighted by atomic mass is 10.1. The molecular weight excluding hydrogens is 242 g/mol. The van der Waals surface area contributed by atoms with Crippen molar-refractivity contribution in [1.82, 2.24) is 0 Å². The second kappa shape index (κ2) is 7.02. The first-order valence-electron chi connectivity index (χ1n) is 6.42. The Hall–Kier alpha value is -1.71. The smallest absolute Gasteiger partial charge is 0.305 e. The average Bonchev–Trinajstić information content (AvgIpc) is 2.37. The lowest BCUT2D eigenvalue weighted by molar-refractivity contribution is -0.140. The molecule has 1 aromatic carbocycles. The van der Waals surface area contributed by atoms with E-state index in [4.69, 9.17) is 4.74 Å². The molecule has 0 aliphatic carbocycles. The molecule has 0 amide bonds. The fourth-order valence-electron chi connectivity index (χ4n) is 2.16. The van der Waals surface area contributed by atoms with E-state index in [2.05, 4.69) is 21.8 Å². The third kappa shape index (κ3) is 4.16. The van der Waals surface area contributed by atoms with Crippen LogP contribution in [0.1, 0.15) is 24.0 Å². The van der Waals surface area contributed by atoms with Gasteiger partial charge in [-0.3, -0.25) is 4.79 Å². The summed E-state index contributed by atoms with van der Waals surface area (Å²) in [6.45, 7) is 4.90. The quantitative estimate of drug-likeness (QED) is 0.741. The van der Waals surface area contributed by atoms with Gasteiger partial charge in [0.15, 0.2) is 0 Å². The molecule has 0 heterocycles. The first-order valence-corrected chi connectivity index (χ1v) is 6.42. The Morgan fingerprint density at radius 1 is 1.21 bits per heavy atom. The van der Waals surface area contributed by atoms with Crippen molar-refractivity contribution in [3.63, 3.8) is 0 Å². The maximum atomic E-state index is 11.1. The molecule has 1 aromatic rings. The highest BCUT2D eigenvalue weighted by atomic mass is 16.5. The summed E-state index contributed by atoms with van der Waals surface area (Å²) in [5.74, 6) is 0.780. The first-order chi connectivity index (χ1) is 8.99. The maximum absolute atomic E-state index is 11.1. The molecule has 0 aliphatic heterocycles. The van der Waals surface area contributed by atoms with Crippen LogP contribution in [0.5, 0.6) is 5.75 Å². The monoisotopic (exact) mass is 265 g/mol. The summed E-state index contributed by atoms with van der Waals surface area (Å²) in [5.41, 5.74) is 3.38. The highest BCUT2D eigenvalue weighted by Gasteiger charge is 2.09. The molecule has 0 bridgehead atoms. The van der Waals surface area contributed by atoms with Crippen LogP contribution in [0.15, 0.2) is 12.1 Å². The SMILES string of the molecule is COC(=O)CCCN(C)c1cc(C)c(OC)c(C)c1. The summed E-state index contributed by atoms with van der Waals surface area (Å²) < 4.78 is 9.99. The van der Waals surface area contributed by atoms with E-state index >= 15 is 0 Å². The van der Waals surface area contributed by atoms with Gasteiger partial charge in [0.25, 0.3) is 0 Å². The Morgan fingerprint density at radius 2 is 1.79 bits per heavy atom. The number of nitrogens with zero attached hydrogens (tertiary/aromatic N) is 1. The van der Waals surface area contributed by atoms with Crippen molar-refractivity contribution in [3.05, 3.63) is 23.3 Å². The van der Waals surface area contributed by atoms with Crippen molar-refractivity contribution < 1.29 is 14.3 Å². The van der Waals surface area contributed by atoms with Gasteiger partial charge in [0.05, 0.1) is 14.2 Å². The molecule has 4 heteroatoms. The number of anilines is 1. The fourth-order valence-corrected chi connectivity index (χ4v) is 2.16. The largest absolute Gasteiger partial charge is 0.496 e. The van der Waals surface area contributed by atoms with Crippen LogP contribution in [0.3, 0.4) is 0 Å². The summed E-state index contributed by atoms with van der Waals surface area (Å²) in [6.07, 6.45) is 1.24. The van der Waals surface area contributed by atoms with Crippen LogP contribution in [-0.2, 0) is 9.53 Å². The fraction of sp³-hybridized carbons (Fsp3) is 0.533. The standard InChI is InChI=1S/C15H23NO3/c1-11-9-13(10-12(2)15(11)19-5)16(3)8-6-7-14(17)18-4/h9-10H,6-8H2,1-5H3. The Morgan fingerprint density at radius 3 is 2.26 bits per heavy atom. The minimum atomic E-state index is -0.157. The third-order valence-corrected chi connectivity index (χ3v) is 3.19. The lowest BCUT2D eigenvalue weighted by Gasteiger charge is -2.21. The molecule has 0 saturated carbocycles. The van der Waals surface area contributed by atoms with Gasteiger partial charge in [-0.15, -0.1) is 0 Å². The molecule has 0 aromatic heterocycles. The van der Waals surface area contributed by atoms with E-state index < -0.39 is 0 Å². The number of esters is 1. The van der Waals surface area contributed by atoms with Crippen molar-refractivity contribution in [2.45, 2.75) is 26.7 Å². The van der Waals surface area contributed by atoms with Crippen LogP contribution >= 0.6 is 0 Å². The lowest BCUT2D eigenvalue weighted by Crippen LogP contribution is -2.19. The first kappa shape index (κ1) is 15.3. The summed E-state index contributed by atoms with van der Waals surface area (Å²) >= 11 is 0. The minimum Gasteiger partial charge on any atom is -0.496 e. The molecule has 0 unspecified atom stereocenters. The van der Waals surface area contributed by atoms with Crippen LogP contribution in [0, 0.1) is 13.8 Å². The Labute approximate surface area is 115 Å². The molecule has 0 fully saturated rings. The van der Waals surface area contributed by atoms with Gasteiger partial charge in [-0.2, -0.15) is 0 Å². The zero-order valence-corrected chi connectivity index (χ0v) is 12.4. The van der Waals surface area contributed by atoms with Crippen LogP contribution < -0.4 is 9.64 Å². The number of hydrogen-bond donors (Lipinski definition) is 0. The number of benzene rings is 1. The number of aryl methyl sites for hydroxylation is 2. The van der Waals surface area contributed by atoms with E-state index in [-0.39, 0.29) is 5.97 Å². The second-order valence-electron chi connectivity index (χ2n) is 4.71. The number of rotatable bonds is 6. The normalized spacial score (nSPS) is 10.2. The summed E-state index contributed by atoms with van der Waals surface area (Å²) in [5, 5.41) is 0. The Balaban J connectivity index is 2.67. The van der Waals surface area contributed by atoms with E-state index in [1.165, 1.54) is 7.11 Å².